The molecular formula is C15H15F3N2S. The standard InChI is InChI=1S/C15H15F3N2S/c16-11-5-6-13(17)10(7-11)8-12(20-19)9-21-15-4-2-1-3-14(15)18/h1-7,12,20H,8-9,19H2. The van der Waals surface area contributed by atoms with E-state index in [-0.39, 0.29) is 23.8 Å². The Bertz CT molecular complexity index is 607. The zero-order valence-corrected chi connectivity index (χ0v) is 12.0. The van der Waals surface area contributed by atoms with E-state index < -0.39 is 11.6 Å². The second kappa shape index (κ2) is 7.49. The van der Waals surface area contributed by atoms with Crippen LogP contribution in [0.5, 0.6) is 0 Å². The zero-order chi connectivity index (χ0) is 15.2. The van der Waals surface area contributed by atoms with Crippen LogP contribution in [0, 0.1) is 17.5 Å². The lowest BCUT2D eigenvalue weighted by atomic mass is 10.1. The third kappa shape index (κ3) is 4.49. The van der Waals surface area contributed by atoms with E-state index in [0.717, 1.165) is 18.2 Å². The first-order valence-electron chi connectivity index (χ1n) is 6.37. The molecule has 6 heteroatoms. The molecule has 2 rings (SSSR count). The lowest BCUT2D eigenvalue weighted by Crippen LogP contribution is -2.38. The van der Waals surface area contributed by atoms with Crippen molar-refractivity contribution in [3.8, 4) is 0 Å². The van der Waals surface area contributed by atoms with Crippen molar-refractivity contribution in [1.29, 1.82) is 0 Å². The fourth-order valence-corrected chi connectivity index (χ4v) is 2.86. The Hall–Kier alpha value is -1.50. The highest BCUT2D eigenvalue weighted by Gasteiger charge is 2.13. The number of rotatable bonds is 6. The summed E-state index contributed by atoms with van der Waals surface area (Å²) in [7, 11) is 0. The molecular weight excluding hydrogens is 297 g/mol. The van der Waals surface area contributed by atoms with Gasteiger partial charge in [0.15, 0.2) is 0 Å². The van der Waals surface area contributed by atoms with Crippen LogP contribution in [0.4, 0.5) is 13.2 Å². The third-order valence-corrected chi connectivity index (χ3v) is 4.20. The van der Waals surface area contributed by atoms with Crippen LogP contribution in [0.25, 0.3) is 0 Å². The van der Waals surface area contributed by atoms with Gasteiger partial charge in [0.2, 0.25) is 0 Å². The van der Waals surface area contributed by atoms with Crippen LogP contribution >= 0.6 is 11.8 Å². The molecule has 1 unspecified atom stereocenters. The Morgan fingerprint density at radius 1 is 1.05 bits per heavy atom. The van der Waals surface area contributed by atoms with Gasteiger partial charge in [-0.2, -0.15) is 0 Å². The minimum Gasteiger partial charge on any atom is -0.271 e. The van der Waals surface area contributed by atoms with Crippen LogP contribution in [-0.2, 0) is 6.42 Å². The average Bonchev–Trinajstić information content (AvgIpc) is 2.48. The lowest BCUT2D eigenvalue weighted by molar-refractivity contribution is 0.537. The van der Waals surface area contributed by atoms with E-state index >= 15 is 0 Å². The third-order valence-electron chi connectivity index (χ3n) is 2.99. The van der Waals surface area contributed by atoms with E-state index in [0.29, 0.717) is 10.6 Å². The summed E-state index contributed by atoms with van der Waals surface area (Å²) in [6.07, 6.45) is 0.224. The van der Waals surface area contributed by atoms with E-state index in [1.165, 1.54) is 17.8 Å². The smallest absolute Gasteiger partial charge is 0.136 e. The van der Waals surface area contributed by atoms with Crippen LogP contribution in [0.1, 0.15) is 5.56 Å². The molecule has 0 spiro atoms. The summed E-state index contributed by atoms with van der Waals surface area (Å²) in [6.45, 7) is 0. The first-order chi connectivity index (χ1) is 10.1. The Balaban J connectivity index is 2.00. The molecule has 0 bridgehead atoms. The second-order valence-electron chi connectivity index (χ2n) is 4.54. The van der Waals surface area contributed by atoms with Crippen molar-refractivity contribution in [2.24, 2.45) is 5.84 Å². The Kier molecular flexibility index (Phi) is 5.67. The molecule has 21 heavy (non-hydrogen) atoms. The molecule has 0 saturated heterocycles. The normalized spacial score (nSPS) is 12.4. The van der Waals surface area contributed by atoms with E-state index in [9.17, 15) is 13.2 Å². The Morgan fingerprint density at radius 3 is 2.52 bits per heavy atom. The highest BCUT2D eigenvalue weighted by molar-refractivity contribution is 7.99. The molecule has 0 aromatic heterocycles. The maximum Gasteiger partial charge on any atom is 0.136 e. The van der Waals surface area contributed by atoms with Crippen molar-refractivity contribution >= 4 is 11.8 Å². The summed E-state index contributed by atoms with van der Waals surface area (Å²) in [5.41, 5.74) is 2.80. The van der Waals surface area contributed by atoms with E-state index in [1.54, 1.807) is 18.2 Å². The molecule has 0 aliphatic rings. The van der Waals surface area contributed by atoms with Crippen molar-refractivity contribution in [2.45, 2.75) is 17.4 Å². The summed E-state index contributed by atoms with van der Waals surface area (Å²) < 4.78 is 40.2. The highest BCUT2D eigenvalue weighted by Crippen LogP contribution is 2.23. The first-order valence-corrected chi connectivity index (χ1v) is 7.36. The van der Waals surface area contributed by atoms with Gasteiger partial charge in [-0.05, 0) is 42.3 Å². The first kappa shape index (κ1) is 15.9. The van der Waals surface area contributed by atoms with Crippen molar-refractivity contribution in [1.82, 2.24) is 5.43 Å². The summed E-state index contributed by atoms with van der Waals surface area (Å²) in [5.74, 6) is 4.59. The molecule has 0 fully saturated rings. The van der Waals surface area contributed by atoms with Gasteiger partial charge in [-0.15, -0.1) is 11.8 Å². The maximum absolute atomic E-state index is 13.6. The van der Waals surface area contributed by atoms with E-state index in [1.807, 2.05) is 0 Å². The largest absolute Gasteiger partial charge is 0.271 e. The summed E-state index contributed by atoms with van der Waals surface area (Å²) in [6, 6.07) is 9.39. The van der Waals surface area contributed by atoms with Gasteiger partial charge in [0.05, 0.1) is 0 Å². The van der Waals surface area contributed by atoms with Gasteiger partial charge >= 0.3 is 0 Å². The number of halogens is 3. The molecule has 0 amide bonds. The molecule has 3 N–H and O–H groups in total. The van der Waals surface area contributed by atoms with E-state index in [2.05, 4.69) is 5.43 Å². The highest BCUT2D eigenvalue weighted by atomic mass is 32.2. The predicted molar refractivity (Wildman–Crippen MR) is 78.3 cm³/mol. The zero-order valence-electron chi connectivity index (χ0n) is 11.2. The lowest BCUT2D eigenvalue weighted by Gasteiger charge is -2.16. The number of nitrogens with one attached hydrogen (secondary N) is 1. The Morgan fingerprint density at radius 2 is 1.81 bits per heavy atom. The molecule has 0 aliphatic carbocycles. The minimum absolute atomic E-state index is 0.224. The molecule has 112 valence electrons. The van der Waals surface area contributed by atoms with Crippen LogP contribution in [0.15, 0.2) is 47.4 Å². The predicted octanol–water partition coefficient (Wildman–Crippen LogP) is 3.27. The maximum atomic E-state index is 13.6. The summed E-state index contributed by atoms with van der Waals surface area (Å²) in [5, 5.41) is 0. The fourth-order valence-electron chi connectivity index (χ4n) is 1.88. The molecule has 2 aromatic carbocycles. The van der Waals surface area contributed by atoms with Gasteiger partial charge in [-0.1, -0.05) is 12.1 Å². The van der Waals surface area contributed by atoms with Crippen molar-refractivity contribution in [3.63, 3.8) is 0 Å². The number of thioether (sulfide) groups is 1. The number of benzene rings is 2. The SMILES string of the molecule is NNC(CSc1ccccc1F)Cc1cc(F)ccc1F. The van der Waals surface area contributed by atoms with Crippen LogP contribution < -0.4 is 11.3 Å². The van der Waals surface area contributed by atoms with Crippen LogP contribution in [0.2, 0.25) is 0 Å². The molecule has 2 aromatic rings. The van der Waals surface area contributed by atoms with Crippen LogP contribution in [-0.4, -0.2) is 11.8 Å². The number of hydrazine groups is 1. The van der Waals surface area contributed by atoms with Gasteiger partial charge < -0.3 is 0 Å². The quantitative estimate of drug-likeness (QED) is 0.488. The van der Waals surface area contributed by atoms with Crippen molar-refractivity contribution in [2.75, 3.05) is 5.75 Å². The van der Waals surface area contributed by atoms with Gasteiger partial charge in [0, 0.05) is 16.7 Å². The fraction of sp³-hybridized carbons (Fsp3) is 0.200. The monoisotopic (exact) mass is 312 g/mol. The average molecular weight is 312 g/mol. The minimum atomic E-state index is -0.496. The molecule has 0 aliphatic heterocycles. The number of hydrogen-bond acceptors (Lipinski definition) is 3. The molecule has 2 nitrogen and oxygen atoms in total. The van der Waals surface area contributed by atoms with Crippen molar-refractivity contribution < 1.29 is 13.2 Å². The van der Waals surface area contributed by atoms with Gasteiger partial charge in [0.25, 0.3) is 0 Å². The van der Waals surface area contributed by atoms with E-state index in [4.69, 9.17) is 5.84 Å². The molecule has 0 heterocycles. The second-order valence-corrected chi connectivity index (χ2v) is 5.61. The van der Waals surface area contributed by atoms with Crippen molar-refractivity contribution in [3.05, 3.63) is 65.5 Å². The molecule has 0 radical (unpaired) electrons. The molecule has 0 saturated carbocycles. The van der Waals surface area contributed by atoms with Crippen LogP contribution in [0.3, 0.4) is 0 Å². The van der Waals surface area contributed by atoms with Gasteiger partial charge in [-0.25, -0.2) is 13.2 Å². The number of hydrogen-bond donors (Lipinski definition) is 2. The van der Waals surface area contributed by atoms with Gasteiger partial charge in [0.1, 0.15) is 17.5 Å². The number of nitrogens with two attached hydrogens (primary N) is 1. The summed E-state index contributed by atoms with van der Waals surface area (Å²) in [4.78, 5) is 0.498. The Labute approximate surface area is 125 Å². The topological polar surface area (TPSA) is 38.0 Å². The summed E-state index contributed by atoms with van der Waals surface area (Å²) >= 11 is 1.28. The van der Waals surface area contributed by atoms with Gasteiger partial charge in [-0.3, -0.25) is 11.3 Å². The molecule has 1 atom stereocenters.